The molecule has 0 aliphatic carbocycles. The van der Waals surface area contributed by atoms with Crippen LogP contribution in [0, 0.1) is 0 Å². The molecule has 0 unspecified atom stereocenters. The second-order valence-corrected chi connectivity index (χ2v) is 3.60. The first-order chi connectivity index (χ1) is 6.15. The summed E-state index contributed by atoms with van der Waals surface area (Å²) in [7, 11) is 3.98. The molecule has 0 spiro atoms. The van der Waals surface area contributed by atoms with Crippen molar-refractivity contribution in [2.75, 3.05) is 27.2 Å². The Bertz CT molecular complexity index is 187. The predicted molar refractivity (Wildman–Crippen MR) is 51.7 cm³/mol. The minimum atomic E-state index is 0.203. The van der Waals surface area contributed by atoms with Gasteiger partial charge in [-0.3, -0.25) is 0 Å². The molecule has 1 aliphatic heterocycles. The van der Waals surface area contributed by atoms with Gasteiger partial charge in [0, 0.05) is 13.1 Å². The van der Waals surface area contributed by atoms with Gasteiger partial charge in [0.15, 0.2) is 0 Å². The molecule has 0 atom stereocenters. The van der Waals surface area contributed by atoms with Crippen LogP contribution in [0.1, 0.15) is 12.8 Å². The van der Waals surface area contributed by atoms with E-state index < -0.39 is 0 Å². The number of nitrogens with zero attached hydrogens (tertiary/aromatic N) is 3. The molecule has 0 radical (unpaired) electrons. The molecule has 13 heavy (non-hydrogen) atoms. The quantitative estimate of drug-likeness (QED) is 0.256. The van der Waals surface area contributed by atoms with Crippen molar-refractivity contribution in [2.24, 2.45) is 10.9 Å². The van der Waals surface area contributed by atoms with Crippen LogP contribution >= 0.6 is 0 Å². The third-order valence-electron chi connectivity index (χ3n) is 2.70. The largest absolute Gasteiger partial charge is 0.408 e. The van der Waals surface area contributed by atoms with Gasteiger partial charge in [-0.1, -0.05) is 5.16 Å². The van der Waals surface area contributed by atoms with E-state index in [-0.39, 0.29) is 5.96 Å². The van der Waals surface area contributed by atoms with E-state index in [9.17, 15) is 0 Å². The molecule has 0 saturated carbocycles. The maximum Gasteiger partial charge on any atom is 0.233 e. The van der Waals surface area contributed by atoms with E-state index in [1.54, 1.807) is 0 Å². The molecule has 0 aromatic carbocycles. The Balaban J connectivity index is 2.44. The fourth-order valence-electron chi connectivity index (χ4n) is 1.64. The summed E-state index contributed by atoms with van der Waals surface area (Å²) in [6.45, 7) is 2.15. The smallest absolute Gasteiger partial charge is 0.233 e. The zero-order chi connectivity index (χ0) is 9.84. The fraction of sp³-hybridized carbons (Fsp3) is 0.875. The van der Waals surface area contributed by atoms with Gasteiger partial charge in [-0.05, 0) is 33.0 Å². The predicted octanol–water partition coefficient (Wildman–Crippen LogP) is -0.284. The van der Waals surface area contributed by atoms with E-state index in [1.165, 1.54) is 0 Å². The minimum absolute atomic E-state index is 0.203. The number of nitrogens with two attached hydrogens (primary N) is 1. The van der Waals surface area contributed by atoms with Crippen molar-refractivity contribution in [3.05, 3.63) is 0 Å². The molecule has 1 saturated heterocycles. The van der Waals surface area contributed by atoms with E-state index in [0.717, 1.165) is 25.9 Å². The monoisotopic (exact) mass is 186 g/mol. The van der Waals surface area contributed by atoms with Crippen molar-refractivity contribution >= 4 is 5.96 Å². The van der Waals surface area contributed by atoms with Crippen LogP contribution in [-0.4, -0.2) is 54.2 Å². The Labute approximate surface area is 78.8 Å². The van der Waals surface area contributed by atoms with Gasteiger partial charge in [0.1, 0.15) is 0 Å². The molecule has 1 heterocycles. The van der Waals surface area contributed by atoms with Crippen molar-refractivity contribution in [1.82, 2.24) is 9.80 Å². The average Bonchev–Trinajstić information content (AvgIpc) is 2.17. The number of piperidine rings is 1. The molecular weight excluding hydrogens is 168 g/mol. The van der Waals surface area contributed by atoms with E-state index in [4.69, 9.17) is 10.9 Å². The lowest BCUT2D eigenvalue weighted by Gasteiger charge is -2.35. The summed E-state index contributed by atoms with van der Waals surface area (Å²) < 4.78 is 0. The number of hydrogen-bond acceptors (Lipinski definition) is 3. The maximum absolute atomic E-state index is 8.50. The zero-order valence-electron chi connectivity index (χ0n) is 8.27. The highest BCUT2D eigenvalue weighted by Crippen LogP contribution is 2.13. The van der Waals surface area contributed by atoms with Gasteiger partial charge in [-0.15, -0.1) is 0 Å². The number of oxime groups is 1. The lowest BCUT2D eigenvalue weighted by Crippen LogP contribution is -2.47. The lowest BCUT2D eigenvalue weighted by molar-refractivity contribution is 0.186. The molecule has 0 amide bonds. The van der Waals surface area contributed by atoms with E-state index in [1.807, 2.05) is 11.9 Å². The van der Waals surface area contributed by atoms with Gasteiger partial charge in [0.25, 0.3) is 0 Å². The van der Waals surface area contributed by atoms with Crippen LogP contribution in [0.5, 0.6) is 0 Å². The van der Waals surface area contributed by atoms with E-state index in [2.05, 4.69) is 17.1 Å². The molecule has 76 valence electrons. The molecule has 5 heteroatoms. The maximum atomic E-state index is 8.50. The average molecular weight is 186 g/mol. The van der Waals surface area contributed by atoms with Crippen LogP contribution < -0.4 is 5.73 Å². The summed E-state index contributed by atoms with van der Waals surface area (Å²) in [5.74, 6) is 0.203. The third kappa shape index (κ3) is 2.48. The van der Waals surface area contributed by atoms with Crippen LogP contribution in [0.4, 0.5) is 0 Å². The highest BCUT2D eigenvalue weighted by molar-refractivity contribution is 5.77. The molecule has 0 bridgehead atoms. The molecular formula is C8H18N4O. The van der Waals surface area contributed by atoms with Gasteiger partial charge >= 0.3 is 0 Å². The van der Waals surface area contributed by atoms with Gasteiger partial charge in [0.05, 0.1) is 0 Å². The number of hydrogen-bond donors (Lipinski definition) is 2. The Hall–Kier alpha value is -0.970. The first-order valence-electron chi connectivity index (χ1n) is 4.54. The Kier molecular flexibility index (Phi) is 3.36. The summed E-state index contributed by atoms with van der Waals surface area (Å²) in [4.78, 5) is 4.13. The molecule has 1 fully saturated rings. The second kappa shape index (κ2) is 4.32. The number of rotatable bonds is 1. The minimum Gasteiger partial charge on any atom is -0.408 e. The highest BCUT2D eigenvalue weighted by atomic mass is 16.4. The van der Waals surface area contributed by atoms with Gasteiger partial charge in [-0.2, -0.15) is 0 Å². The van der Waals surface area contributed by atoms with Crippen LogP contribution in [-0.2, 0) is 0 Å². The van der Waals surface area contributed by atoms with Gasteiger partial charge in [0.2, 0.25) is 5.96 Å². The molecule has 3 N–H and O–H groups in total. The summed E-state index contributed by atoms with van der Waals surface area (Å²) >= 11 is 0. The summed E-state index contributed by atoms with van der Waals surface area (Å²) in [5, 5.41) is 11.5. The van der Waals surface area contributed by atoms with Crippen molar-refractivity contribution in [1.29, 1.82) is 0 Å². The van der Waals surface area contributed by atoms with Gasteiger partial charge < -0.3 is 20.7 Å². The first-order valence-corrected chi connectivity index (χ1v) is 4.54. The first kappa shape index (κ1) is 10.1. The Morgan fingerprint density at radius 1 is 1.54 bits per heavy atom. The van der Waals surface area contributed by atoms with Crippen LogP contribution in [0.3, 0.4) is 0 Å². The van der Waals surface area contributed by atoms with Crippen LogP contribution in [0.2, 0.25) is 0 Å². The van der Waals surface area contributed by atoms with Crippen molar-refractivity contribution in [2.45, 2.75) is 18.9 Å². The van der Waals surface area contributed by atoms with E-state index in [0.29, 0.717) is 6.04 Å². The van der Waals surface area contributed by atoms with E-state index >= 15 is 0 Å². The molecule has 1 rings (SSSR count). The SMILES string of the molecule is CN1CCC(N(C)/C(N)=N/O)CC1. The highest BCUT2D eigenvalue weighted by Gasteiger charge is 2.21. The molecule has 5 nitrogen and oxygen atoms in total. The van der Waals surface area contributed by atoms with Gasteiger partial charge in [-0.25, -0.2) is 0 Å². The number of likely N-dealkylation sites (tertiary alicyclic amines) is 1. The summed E-state index contributed by atoms with van der Waals surface area (Å²) in [6, 6.07) is 0.409. The number of guanidine groups is 1. The zero-order valence-corrected chi connectivity index (χ0v) is 8.27. The molecule has 0 aromatic rings. The molecule has 1 aliphatic rings. The molecule has 0 aromatic heterocycles. The summed E-state index contributed by atoms with van der Waals surface area (Å²) in [6.07, 6.45) is 2.15. The van der Waals surface area contributed by atoms with Crippen LogP contribution in [0.25, 0.3) is 0 Å². The normalized spacial score (nSPS) is 21.8. The second-order valence-electron chi connectivity index (χ2n) is 3.60. The Morgan fingerprint density at radius 2 is 2.08 bits per heavy atom. The Morgan fingerprint density at radius 3 is 2.54 bits per heavy atom. The standard InChI is InChI=1S/C8H18N4O/c1-11-5-3-7(4-6-11)12(2)8(9)10-13/h7,13H,3-6H2,1-2H3,(H2,9,10). The van der Waals surface area contributed by atoms with Crippen molar-refractivity contribution in [3.8, 4) is 0 Å². The van der Waals surface area contributed by atoms with Crippen LogP contribution in [0.15, 0.2) is 5.16 Å². The third-order valence-corrected chi connectivity index (χ3v) is 2.70. The summed E-state index contributed by atoms with van der Waals surface area (Å²) in [5.41, 5.74) is 5.49. The fourth-order valence-corrected chi connectivity index (χ4v) is 1.64. The lowest BCUT2D eigenvalue weighted by atomic mass is 10.0. The van der Waals surface area contributed by atoms with Crippen molar-refractivity contribution in [3.63, 3.8) is 0 Å². The van der Waals surface area contributed by atoms with Crippen molar-refractivity contribution < 1.29 is 5.21 Å². The topological polar surface area (TPSA) is 65.1 Å².